The van der Waals surface area contributed by atoms with Gasteiger partial charge in [-0.15, -0.1) is 0 Å². The van der Waals surface area contributed by atoms with E-state index in [0.717, 1.165) is 55.7 Å². The number of likely N-dealkylation sites (N-methyl/N-ethyl adjacent to an activating group) is 1. The first-order chi connectivity index (χ1) is 16.9. The molecule has 0 aromatic carbocycles. The highest BCUT2D eigenvalue weighted by molar-refractivity contribution is 5.97. The number of carbonyl (C=O) groups is 1. The quantitative estimate of drug-likeness (QED) is 0.577. The summed E-state index contributed by atoms with van der Waals surface area (Å²) in [7, 11) is 3.58. The third-order valence-corrected chi connectivity index (χ3v) is 7.42. The van der Waals surface area contributed by atoms with E-state index in [1.54, 1.807) is 25.2 Å². The number of hydrogen-bond donors (Lipinski definition) is 1. The second-order valence-corrected chi connectivity index (χ2v) is 9.96. The average Bonchev–Trinajstić information content (AvgIpc) is 3.51. The number of carbonyl (C=O) groups excluding carboxylic acids is 1. The second kappa shape index (κ2) is 9.81. The van der Waals surface area contributed by atoms with E-state index in [2.05, 4.69) is 49.6 Å². The Labute approximate surface area is 207 Å². The lowest BCUT2D eigenvalue weighted by atomic mass is 10.2. The highest BCUT2D eigenvalue weighted by Gasteiger charge is 2.27. The molecule has 186 valence electrons. The van der Waals surface area contributed by atoms with Crippen LogP contribution in [0.15, 0.2) is 30.6 Å². The number of nitrogens with one attached hydrogen (secondary N) is 1. The SMILES string of the molecule is CCN1CCN(c2ccc(Nc3ncc4cc(C(=O)N(C)C)n(C5CCCC5)c4n3)nc2)C[C@H]1C. The summed E-state index contributed by atoms with van der Waals surface area (Å²) in [6.07, 6.45) is 8.21. The number of amides is 1. The number of hydrogen-bond acceptors (Lipinski definition) is 7. The Morgan fingerprint density at radius 1 is 1.14 bits per heavy atom. The summed E-state index contributed by atoms with van der Waals surface area (Å²) in [6, 6.07) is 6.84. The van der Waals surface area contributed by atoms with Crippen LogP contribution in [-0.2, 0) is 0 Å². The van der Waals surface area contributed by atoms with Crippen LogP contribution in [-0.4, -0.2) is 81.5 Å². The fraction of sp³-hybridized carbons (Fsp3) is 0.538. The molecule has 1 amide bonds. The molecule has 1 saturated carbocycles. The molecule has 3 aromatic rings. The number of anilines is 3. The lowest BCUT2D eigenvalue weighted by Gasteiger charge is -2.40. The van der Waals surface area contributed by atoms with Crippen LogP contribution in [0.25, 0.3) is 11.0 Å². The number of aromatic nitrogens is 4. The van der Waals surface area contributed by atoms with E-state index < -0.39 is 0 Å². The van der Waals surface area contributed by atoms with Crippen molar-refractivity contribution in [3.05, 3.63) is 36.3 Å². The van der Waals surface area contributed by atoms with Crippen LogP contribution in [0.1, 0.15) is 56.1 Å². The molecule has 1 atom stereocenters. The van der Waals surface area contributed by atoms with Crippen molar-refractivity contribution in [3.63, 3.8) is 0 Å². The van der Waals surface area contributed by atoms with Crippen LogP contribution in [0.5, 0.6) is 0 Å². The van der Waals surface area contributed by atoms with Gasteiger partial charge >= 0.3 is 0 Å². The highest BCUT2D eigenvalue weighted by Crippen LogP contribution is 2.35. The minimum absolute atomic E-state index is 0.00393. The molecule has 3 aromatic heterocycles. The van der Waals surface area contributed by atoms with Gasteiger partial charge in [-0.05, 0) is 44.5 Å². The Bertz CT molecular complexity index is 1180. The standard InChI is InChI=1S/C26H36N8O/c1-5-32-12-13-33(17-18(32)2)21-10-11-23(27-16-21)29-26-28-15-19-14-22(25(35)31(3)4)34(24(19)30-26)20-8-6-7-9-20/h10-11,14-16,18,20H,5-9,12-13,17H2,1-4H3,(H,27,28,29,30)/t18-/m1/s1. The van der Waals surface area contributed by atoms with Gasteiger partial charge in [0.05, 0.1) is 11.9 Å². The Hall–Kier alpha value is -3.20. The largest absolute Gasteiger partial charge is 0.367 e. The molecule has 4 heterocycles. The molecule has 1 aliphatic carbocycles. The summed E-state index contributed by atoms with van der Waals surface area (Å²) in [5, 5.41) is 4.15. The Morgan fingerprint density at radius 3 is 2.60 bits per heavy atom. The summed E-state index contributed by atoms with van der Waals surface area (Å²) in [5.41, 5.74) is 2.62. The number of piperazine rings is 1. The third kappa shape index (κ3) is 4.69. The minimum atomic E-state index is -0.00393. The number of rotatable bonds is 6. The van der Waals surface area contributed by atoms with Gasteiger partial charge in [-0.2, -0.15) is 4.98 Å². The fourth-order valence-electron chi connectivity index (χ4n) is 5.46. The number of fused-ring (bicyclic) bond motifs is 1. The molecule has 1 N–H and O–H groups in total. The minimum Gasteiger partial charge on any atom is -0.367 e. The van der Waals surface area contributed by atoms with Crippen molar-refractivity contribution in [2.45, 2.75) is 51.6 Å². The topological polar surface area (TPSA) is 82.4 Å². The first-order valence-electron chi connectivity index (χ1n) is 12.8. The first kappa shape index (κ1) is 23.5. The summed E-state index contributed by atoms with van der Waals surface area (Å²) >= 11 is 0. The number of nitrogens with zero attached hydrogens (tertiary/aromatic N) is 7. The average molecular weight is 477 g/mol. The first-order valence-corrected chi connectivity index (χ1v) is 12.8. The van der Waals surface area contributed by atoms with Crippen LogP contribution >= 0.6 is 0 Å². The second-order valence-electron chi connectivity index (χ2n) is 9.96. The molecule has 1 saturated heterocycles. The molecule has 5 rings (SSSR count). The van der Waals surface area contributed by atoms with Crippen LogP contribution in [0.4, 0.5) is 17.5 Å². The highest BCUT2D eigenvalue weighted by atomic mass is 16.2. The predicted molar refractivity (Wildman–Crippen MR) is 139 cm³/mol. The Morgan fingerprint density at radius 2 is 1.94 bits per heavy atom. The molecule has 9 heteroatoms. The molecule has 35 heavy (non-hydrogen) atoms. The summed E-state index contributed by atoms with van der Waals surface area (Å²) in [6.45, 7) is 8.69. The maximum Gasteiger partial charge on any atom is 0.270 e. The van der Waals surface area contributed by atoms with Crippen molar-refractivity contribution in [1.29, 1.82) is 0 Å². The molecule has 0 spiro atoms. The molecule has 2 aliphatic rings. The Balaban J connectivity index is 1.38. The molecular formula is C26H36N8O. The molecular weight excluding hydrogens is 440 g/mol. The van der Waals surface area contributed by atoms with Crippen LogP contribution in [0.3, 0.4) is 0 Å². The molecule has 1 aliphatic heterocycles. The fourth-order valence-corrected chi connectivity index (χ4v) is 5.46. The molecule has 0 radical (unpaired) electrons. The normalized spacial score (nSPS) is 19.4. The molecule has 2 fully saturated rings. The van der Waals surface area contributed by atoms with Crippen molar-refractivity contribution in [2.75, 3.05) is 50.5 Å². The van der Waals surface area contributed by atoms with Gasteiger partial charge in [0.1, 0.15) is 17.2 Å². The van der Waals surface area contributed by atoms with Gasteiger partial charge in [0, 0.05) is 57.4 Å². The monoisotopic (exact) mass is 476 g/mol. The van der Waals surface area contributed by atoms with E-state index in [4.69, 9.17) is 4.98 Å². The van der Waals surface area contributed by atoms with E-state index in [1.807, 2.05) is 18.3 Å². The van der Waals surface area contributed by atoms with Gasteiger partial charge in [-0.1, -0.05) is 19.8 Å². The van der Waals surface area contributed by atoms with Gasteiger partial charge in [0.15, 0.2) is 0 Å². The van der Waals surface area contributed by atoms with E-state index in [1.165, 1.54) is 12.8 Å². The van der Waals surface area contributed by atoms with E-state index in [-0.39, 0.29) is 5.91 Å². The van der Waals surface area contributed by atoms with Crippen molar-refractivity contribution in [1.82, 2.24) is 29.3 Å². The van der Waals surface area contributed by atoms with Crippen molar-refractivity contribution >= 4 is 34.4 Å². The predicted octanol–water partition coefficient (Wildman–Crippen LogP) is 3.92. The smallest absolute Gasteiger partial charge is 0.270 e. The summed E-state index contributed by atoms with van der Waals surface area (Å²) < 4.78 is 2.13. The van der Waals surface area contributed by atoms with Crippen LogP contribution in [0.2, 0.25) is 0 Å². The van der Waals surface area contributed by atoms with Gasteiger partial charge in [0.25, 0.3) is 5.91 Å². The maximum atomic E-state index is 12.9. The van der Waals surface area contributed by atoms with Gasteiger partial charge in [-0.3, -0.25) is 9.69 Å². The van der Waals surface area contributed by atoms with Crippen LogP contribution in [0, 0.1) is 0 Å². The lowest BCUT2D eigenvalue weighted by molar-refractivity contribution is 0.0815. The van der Waals surface area contributed by atoms with Gasteiger partial charge < -0.3 is 19.7 Å². The van der Waals surface area contributed by atoms with Crippen molar-refractivity contribution in [3.8, 4) is 0 Å². The molecule has 0 unspecified atom stereocenters. The van der Waals surface area contributed by atoms with E-state index in [0.29, 0.717) is 29.5 Å². The lowest BCUT2D eigenvalue weighted by Crippen LogP contribution is -2.51. The van der Waals surface area contributed by atoms with Crippen LogP contribution < -0.4 is 10.2 Å². The zero-order chi connectivity index (χ0) is 24.5. The Kier molecular flexibility index (Phi) is 6.60. The maximum absolute atomic E-state index is 12.9. The molecule has 0 bridgehead atoms. The summed E-state index contributed by atoms with van der Waals surface area (Å²) in [4.78, 5) is 33.4. The van der Waals surface area contributed by atoms with Gasteiger partial charge in [0.2, 0.25) is 5.95 Å². The zero-order valence-corrected chi connectivity index (χ0v) is 21.2. The zero-order valence-electron chi connectivity index (χ0n) is 21.2. The number of pyridine rings is 1. The van der Waals surface area contributed by atoms with Crippen molar-refractivity contribution in [2.24, 2.45) is 0 Å². The van der Waals surface area contributed by atoms with E-state index >= 15 is 0 Å². The molecule has 9 nitrogen and oxygen atoms in total. The summed E-state index contributed by atoms with van der Waals surface area (Å²) in [5.74, 6) is 1.19. The van der Waals surface area contributed by atoms with Crippen molar-refractivity contribution < 1.29 is 4.79 Å². The van der Waals surface area contributed by atoms with E-state index in [9.17, 15) is 4.79 Å². The van der Waals surface area contributed by atoms with Gasteiger partial charge in [-0.25, -0.2) is 9.97 Å². The third-order valence-electron chi connectivity index (χ3n) is 7.42.